The van der Waals surface area contributed by atoms with E-state index in [4.69, 9.17) is 5.11 Å². The Balaban J connectivity index is 2.16. The molecule has 0 radical (unpaired) electrons. The summed E-state index contributed by atoms with van der Waals surface area (Å²) in [6, 6.07) is -0.789. The largest absolute Gasteiger partial charge is 0.481 e. The van der Waals surface area contributed by atoms with Crippen LogP contribution < -0.4 is 0 Å². The van der Waals surface area contributed by atoms with E-state index < -0.39 is 49.0 Å². The van der Waals surface area contributed by atoms with Crippen molar-refractivity contribution in [2.75, 3.05) is 19.6 Å². The lowest BCUT2D eigenvalue weighted by atomic mass is 9.96. The quantitative estimate of drug-likeness (QED) is 0.819. The van der Waals surface area contributed by atoms with Gasteiger partial charge >= 0.3 is 12.1 Å². The van der Waals surface area contributed by atoms with Gasteiger partial charge in [0.2, 0.25) is 11.8 Å². The normalized spacial score (nSPS) is 28.8. The molecule has 0 aromatic heterocycles. The first-order valence-corrected chi connectivity index (χ1v) is 7.48. The zero-order valence-electron chi connectivity index (χ0n) is 12.7. The van der Waals surface area contributed by atoms with Crippen molar-refractivity contribution in [3.8, 4) is 0 Å². The van der Waals surface area contributed by atoms with Gasteiger partial charge in [-0.1, -0.05) is 0 Å². The van der Waals surface area contributed by atoms with Gasteiger partial charge in [-0.2, -0.15) is 13.2 Å². The van der Waals surface area contributed by atoms with Crippen molar-refractivity contribution in [2.45, 2.75) is 38.4 Å². The van der Waals surface area contributed by atoms with Gasteiger partial charge in [-0.25, -0.2) is 0 Å². The number of piperidine rings is 1. The predicted molar refractivity (Wildman–Crippen MR) is 72.3 cm³/mol. The van der Waals surface area contributed by atoms with Crippen LogP contribution in [0.5, 0.6) is 0 Å². The van der Waals surface area contributed by atoms with E-state index in [-0.39, 0.29) is 5.91 Å². The van der Waals surface area contributed by atoms with Gasteiger partial charge in [0.1, 0.15) is 6.04 Å². The maximum atomic E-state index is 13.0. The van der Waals surface area contributed by atoms with Gasteiger partial charge in [0.25, 0.3) is 0 Å². The molecule has 6 nitrogen and oxygen atoms in total. The Labute approximate surface area is 131 Å². The van der Waals surface area contributed by atoms with Crippen LogP contribution in [0.25, 0.3) is 0 Å². The molecule has 9 heteroatoms. The minimum absolute atomic E-state index is 0.301. The number of rotatable bonds is 2. The maximum Gasteiger partial charge on any atom is 0.394 e. The summed E-state index contributed by atoms with van der Waals surface area (Å²) >= 11 is 0. The molecule has 1 unspecified atom stereocenters. The number of hydrogen-bond donors (Lipinski definition) is 1. The molecular weight excluding hydrogens is 317 g/mol. The number of aliphatic carboxylic acids is 1. The minimum Gasteiger partial charge on any atom is -0.481 e. The minimum atomic E-state index is -4.68. The average Bonchev–Trinajstić information content (AvgIpc) is 2.92. The molecule has 0 aliphatic carbocycles. The molecule has 23 heavy (non-hydrogen) atoms. The van der Waals surface area contributed by atoms with Crippen LogP contribution in [0.3, 0.4) is 0 Å². The molecule has 2 aliphatic rings. The number of carboxylic acid groups (broad SMARTS) is 1. The molecule has 2 heterocycles. The first-order valence-electron chi connectivity index (χ1n) is 7.48. The van der Waals surface area contributed by atoms with Crippen molar-refractivity contribution < 1.29 is 32.7 Å². The van der Waals surface area contributed by atoms with Crippen LogP contribution in [0.1, 0.15) is 26.2 Å². The summed E-state index contributed by atoms with van der Waals surface area (Å²) in [4.78, 5) is 37.5. The van der Waals surface area contributed by atoms with Crippen molar-refractivity contribution in [2.24, 2.45) is 11.8 Å². The fraction of sp³-hybridized carbons (Fsp3) is 0.786. The highest BCUT2D eigenvalue weighted by Gasteiger charge is 2.54. The lowest BCUT2D eigenvalue weighted by molar-refractivity contribution is -0.188. The van der Waals surface area contributed by atoms with Gasteiger partial charge in [0.15, 0.2) is 0 Å². The molecule has 3 atom stereocenters. The molecule has 2 saturated heterocycles. The number of likely N-dealkylation sites (tertiary alicyclic amines) is 2. The Morgan fingerprint density at radius 1 is 1.13 bits per heavy atom. The van der Waals surface area contributed by atoms with Gasteiger partial charge in [-0.05, 0) is 19.3 Å². The predicted octanol–water partition coefficient (Wildman–Crippen LogP) is 1.11. The van der Waals surface area contributed by atoms with Crippen LogP contribution in [0.2, 0.25) is 0 Å². The van der Waals surface area contributed by atoms with Gasteiger partial charge in [-0.3, -0.25) is 14.4 Å². The number of carbonyl (C=O) groups is 3. The lowest BCUT2D eigenvalue weighted by Crippen LogP contribution is -2.52. The number of nitrogens with zero attached hydrogens (tertiary/aromatic N) is 2. The Kier molecular flexibility index (Phi) is 4.86. The van der Waals surface area contributed by atoms with Crippen LogP contribution in [0, 0.1) is 11.8 Å². The van der Waals surface area contributed by atoms with E-state index in [0.717, 1.165) is 11.3 Å². The van der Waals surface area contributed by atoms with Crippen molar-refractivity contribution >= 4 is 17.8 Å². The van der Waals surface area contributed by atoms with Gasteiger partial charge < -0.3 is 14.9 Å². The van der Waals surface area contributed by atoms with E-state index in [0.29, 0.717) is 19.4 Å². The lowest BCUT2D eigenvalue weighted by Gasteiger charge is -2.36. The van der Waals surface area contributed by atoms with Crippen molar-refractivity contribution in [1.29, 1.82) is 0 Å². The van der Waals surface area contributed by atoms with E-state index >= 15 is 0 Å². The molecule has 0 aromatic carbocycles. The highest BCUT2D eigenvalue weighted by molar-refractivity contribution is 5.88. The summed E-state index contributed by atoms with van der Waals surface area (Å²) in [7, 11) is 0. The molecule has 1 N–H and O–H groups in total. The Bertz CT molecular complexity index is 509. The second-order valence-corrected chi connectivity index (χ2v) is 6.06. The highest BCUT2D eigenvalue weighted by Crippen LogP contribution is 2.38. The van der Waals surface area contributed by atoms with E-state index in [1.807, 2.05) is 0 Å². The molecule has 2 amide bonds. The van der Waals surface area contributed by atoms with E-state index in [2.05, 4.69) is 0 Å². The van der Waals surface area contributed by atoms with Crippen molar-refractivity contribution in [1.82, 2.24) is 9.80 Å². The molecule has 0 aromatic rings. The van der Waals surface area contributed by atoms with Crippen LogP contribution in [-0.4, -0.2) is 64.5 Å². The summed E-state index contributed by atoms with van der Waals surface area (Å²) < 4.78 is 39.0. The molecular formula is C14H19F3N2O4. The summed E-state index contributed by atoms with van der Waals surface area (Å²) in [5, 5.41) is 8.99. The summed E-state index contributed by atoms with van der Waals surface area (Å²) in [6.07, 6.45) is -2.83. The molecule has 2 fully saturated rings. The number of alkyl halides is 3. The molecule has 0 saturated carbocycles. The smallest absolute Gasteiger partial charge is 0.394 e. The van der Waals surface area contributed by atoms with Crippen LogP contribution in [0.4, 0.5) is 13.2 Å². The molecule has 2 rings (SSSR count). The third-order valence-corrected chi connectivity index (χ3v) is 4.56. The van der Waals surface area contributed by atoms with Crippen LogP contribution in [-0.2, 0) is 14.4 Å². The SMILES string of the molecule is CC(=O)N1CCCCC1C(=O)N1C[C@@H](C(F)(F)F)[C@H](C(=O)O)C1. The monoisotopic (exact) mass is 336 g/mol. The number of carbonyl (C=O) groups excluding carboxylic acids is 2. The Morgan fingerprint density at radius 3 is 2.26 bits per heavy atom. The van der Waals surface area contributed by atoms with Crippen LogP contribution in [0.15, 0.2) is 0 Å². The maximum absolute atomic E-state index is 13.0. The van der Waals surface area contributed by atoms with Gasteiger partial charge in [-0.15, -0.1) is 0 Å². The highest BCUT2D eigenvalue weighted by atomic mass is 19.4. The van der Waals surface area contributed by atoms with E-state index in [1.165, 1.54) is 11.8 Å². The van der Waals surface area contributed by atoms with Crippen molar-refractivity contribution in [3.63, 3.8) is 0 Å². The molecule has 2 aliphatic heterocycles. The second-order valence-electron chi connectivity index (χ2n) is 6.06. The fourth-order valence-corrected chi connectivity index (χ4v) is 3.34. The molecule has 0 spiro atoms. The van der Waals surface area contributed by atoms with Gasteiger partial charge in [0.05, 0.1) is 11.8 Å². The topological polar surface area (TPSA) is 77.9 Å². The number of hydrogen-bond acceptors (Lipinski definition) is 3. The summed E-state index contributed by atoms with van der Waals surface area (Å²) in [5.41, 5.74) is 0. The number of halogens is 3. The molecule has 0 bridgehead atoms. The zero-order chi connectivity index (χ0) is 17.4. The number of carboxylic acids is 1. The average molecular weight is 336 g/mol. The standard InChI is InChI=1S/C14H19F3N2O4/c1-8(20)19-5-3-2-4-11(19)12(21)18-6-9(13(22)23)10(7-18)14(15,16)17/h9-11H,2-7H2,1H3,(H,22,23)/t9-,10-,11?/m1/s1. The second kappa shape index (κ2) is 6.37. The number of amides is 2. The third kappa shape index (κ3) is 3.59. The van der Waals surface area contributed by atoms with E-state index in [9.17, 15) is 27.6 Å². The molecule has 130 valence electrons. The Morgan fingerprint density at radius 2 is 1.78 bits per heavy atom. The summed E-state index contributed by atoms with van der Waals surface area (Å²) in [5.74, 6) is -6.18. The van der Waals surface area contributed by atoms with E-state index in [1.54, 1.807) is 0 Å². The Hall–Kier alpha value is -1.80. The first kappa shape index (κ1) is 17.6. The van der Waals surface area contributed by atoms with Crippen molar-refractivity contribution in [3.05, 3.63) is 0 Å². The first-order chi connectivity index (χ1) is 10.6. The zero-order valence-corrected chi connectivity index (χ0v) is 12.7. The third-order valence-electron chi connectivity index (χ3n) is 4.56. The van der Waals surface area contributed by atoms with Gasteiger partial charge in [0, 0.05) is 26.6 Å². The fourth-order valence-electron chi connectivity index (χ4n) is 3.34. The van der Waals surface area contributed by atoms with Crippen LogP contribution >= 0.6 is 0 Å². The summed E-state index contributed by atoms with van der Waals surface area (Å²) in [6.45, 7) is 0.570.